The molecule has 7 nitrogen and oxygen atoms in total. The van der Waals surface area contributed by atoms with E-state index in [4.69, 9.17) is 0 Å². The number of nitrogens with one attached hydrogen (secondary N) is 3. The van der Waals surface area contributed by atoms with Gasteiger partial charge in [0.15, 0.2) is 5.69 Å². The number of imidazole rings is 1. The molecule has 1 amide bonds. The molecule has 0 atom stereocenters. The second kappa shape index (κ2) is 5.74. The van der Waals surface area contributed by atoms with Crippen molar-refractivity contribution in [2.24, 2.45) is 0 Å². The fourth-order valence-electron chi connectivity index (χ4n) is 2.16. The minimum absolute atomic E-state index is 0.203. The summed E-state index contributed by atoms with van der Waals surface area (Å²) in [6.45, 7) is 2.31. The molecule has 0 unspecified atom stereocenters. The van der Waals surface area contributed by atoms with Crippen LogP contribution in [0, 0.1) is 6.92 Å². The van der Waals surface area contributed by atoms with Gasteiger partial charge in [-0.3, -0.25) is 4.79 Å². The molecule has 108 valence electrons. The maximum atomic E-state index is 11.8. The number of carbonyl (C=O) groups excluding carboxylic acids is 1. The van der Waals surface area contributed by atoms with Gasteiger partial charge in [0, 0.05) is 13.0 Å². The molecule has 0 saturated heterocycles. The van der Waals surface area contributed by atoms with Crippen LogP contribution in [0.3, 0.4) is 0 Å². The molecule has 0 spiro atoms. The first-order valence-electron chi connectivity index (χ1n) is 6.83. The van der Waals surface area contributed by atoms with Crippen LogP contribution in [0.25, 0.3) is 11.0 Å². The number of hydrogen-bond acceptors (Lipinski definition) is 4. The van der Waals surface area contributed by atoms with E-state index in [1.54, 1.807) is 6.92 Å². The van der Waals surface area contributed by atoms with E-state index < -0.39 is 0 Å². The van der Waals surface area contributed by atoms with Crippen molar-refractivity contribution in [2.75, 3.05) is 6.54 Å². The summed E-state index contributed by atoms with van der Waals surface area (Å²) in [5, 5.41) is 12.9. The highest BCUT2D eigenvalue weighted by atomic mass is 16.2. The third-order valence-corrected chi connectivity index (χ3v) is 3.25. The first-order valence-corrected chi connectivity index (χ1v) is 6.83. The molecule has 3 rings (SSSR count). The van der Waals surface area contributed by atoms with Crippen LogP contribution in [0.15, 0.2) is 24.3 Å². The van der Waals surface area contributed by atoms with Gasteiger partial charge in [-0.1, -0.05) is 12.1 Å². The van der Waals surface area contributed by atoms with Crippen LogP contribution in [-0.4, -0.2) is 37.8 Å². The van der Waals surface area contributed by atoms with Crippen LogP contribution >= 0.6 is 0 Å². The van der Waals surface area contributed by atoms with Crippen LogP contribution < -0.4 is 5.32 Å². The zero-order chi connectivity index (χ0) is 14.7. The molecule has 0 aliphatic heterocycles. The van der Waals surface area contributed by atoms with E-state index in [0.29, 0.717) is 17.9 Å². The molecule has 0 saturated carbocycles. The Balaban J connectivity index is 1.50. The molecule has 0 aliphatic carbocycles. The standard InChI is InChI=1S/C14H16N6O/c1-9-13(19-20-18-9)14(21)15-8-4-7-12-16-10-5-2-3-6-11(10)17-12/h2-3,5-6H,4,7-8H2,1H3,(H,15,21)(H,16,17)(H,18,19,20). The van der Waals surface area contributed by atoms with Crippen molar-refractivity contribution >= 4 is 16.9 Å². The first kappa shape index (κ1) is 13.3. The van der Waals surface area contributed by atoms with Gasteiger partial charge in [-0.15, -0.1) is 0 Å². The van der Waals surface area contributed by atoms with Gasteiger partial charge in [-0.05, 0) is 25.5 Å². The Morgan fingerprint density at radius 1 is 1.29 bits per heavy atom. The summed E-state index contributed by atoms with van der Waals surface area (Å²) in [7, 11) is 0. The SMILES string of the molecule is Cc1n[nH]nc1C(=O)NCCCc1nc2ccccc2[nH]1. The third-order valence-electron chi connectivity index (χ3n) is 3.25. The fraction of sp³-hybridized carbons (Fsp3) is 0.286. The molecular formula is C14H16N6O. The lowest BCUT2D eigenvalue weighted by atomic mass is 10.3. The number of rotatable bonds is 5. The number of H-pyrrole nitrogens is 2. The highest BCUT2D eigenvalue weighted by Crippen LogP contribution is 2.11. The van der Waals surface area contributed by atoms with Gasteiger partial charge in [0.25, 0.3) is 5.91 Å². The van der Waals surface area contributed by atoms with E-state index in [0.717, 1.165) is 29.7 Å². The Hall–Kier alpha value is -2.70. The lowest BCUT2D eigenvalue weighted by Crippen LogP contribution is -2.25. The summed E-state index contributed by atoms with van der Waals surface area (Å²) in [5.74, 6) is 0.730. The van der Waals surface area contributed by atoms with Gasteiger partial charge < -0.3 is 10.3 Å². The molecule has 1 aromatic carbocycles. The Morgan fingerprint density at radius 2 is 2.14 bits per heavy atom. The van der Waals surface area contributed by atoms with Crippen molar-refractivity contribution < 1.29 is 4.79 Å². The quantitative estimate of drug-likeness (QED) is 0.616. The predicted octanol–water partition coefficient (Wildman–Crippen LogP) is 1.35. The van der Waals surface area contributed by atoms with Gasteiger partial charge >= 0.3 is 0 Å². The Kier molecular flexibility index (Phi) is 3.63. The summed E-state index contributed by atoms with van der Waals surface area (Å²) < 4.78 is 0. The lowest BCUT2D eigenvalue weighted by Gasteiger charge is -2.02. The molecule has 21 heavy (non-hydrogen) atoms. The zero-order valence-electron chi connectivity index (χ0n) is 11.7. The molecule has 0 bridgehead atoms. The summed E-state index contributed by atoms with van der Waals surface area (Å²) >= 11 is 0. The van der Waals surface area contributed by atoms with Crippen LogP contribution in [0.5, 0.6) is 0 Å². The zero-order valence-corrected chi connectivity index (χ0v) is 11.7. The second-order valence-corrected chi connectivity index (χ2v) is 4.82. The van der Waals surface area contributed by atoms with Gasteiger partial charge in [-0.25, -0.2) is 4.98 Å². The highest BCUT2D eigenvalue weighted by molar-refractivity contribution is 5.93. The molecule has 0 fully saturated rings. The van der Waals surface area contributed by atoms with E-state index >= 15 is 0 Å². The van der Waals surface area contributed by atoms with E-state index in [1.165, 1.54) is 0 Å². The summed E-state index contributed by atoms with van der Waals surface area (Å²) in [4.78, 5) is 19.6. The van der Waals surface area contributed by atoms with E-state index in [2.05, 4.69) is 30.7 Å². The Bertz CT molecular complexity index is 727. The lowest BCUT2D eigenvalue weighted by molar-refractivity contribution is 0.0947. The van der Waals surface area contributed by atoms with Crippen LogP contribution in [0.1, 0.15) is 28.4 Å². The second-order valence-electron chi connectivity index (χ2n) is 4.82. The molecule has 0 radical (unpaired) electrons. The minimum Gasteiger partial charge on any atom is -0.351 e. The van der Waals surface area contributed by atoms with Gasteiger partial charge in [0.05, 0.1) is 16.7 Å². The average molecular weight is 284 g/mol. The number of hydrogen-bond donors (Lipinski definition) is 3. The maximum absolute atomic E-state index is 11.8. The number of nitrogens with zero attached hydrogens (tertiary/aromatic N) is 3. The largest absolute Gasteiger partial charge is 0.351 e. The van der Waals surface area contributed by atoms with Crippen molar-refractivity contribution in [3.63, 3.8) is 0 Å². The monoisotopic (exact) mass is 284 g/mol. The van der Waals surface area contributed by atoms with Gasteiger partial charge in [0.1, 0.15) is 5.82 Å². The number of fused-ring (bicyclic) bond motifs is 1. The first-order chi connectivity index (χ1) is 10.2. The molecule has 7 heteroatoms. The molecule has 0 aliphatic rings. The van der Waals surface area contributed by atoms with E-state index in [1.807, 2.05) is 24.3 Å². The van der Waals surface area contributed by atoms with E-state index in [9.17, 15) is 4.79 Å². The topological polar surface area (TPSA) is 99.3 Å². The highest BCUT2D eigenvalue weighted by Gasteiger charge is 2.12. The smallest absolute Gasteiger partial charge is 0.273 e. The Morgan fingerprint density at radius 3 is 2.90 bits per heavy atom. The number of benzene rings is 1. The summed E-state index contributed by atoms with van der Waals surface area (Å²) in [5.41, 5.74) is 2.95. The number of aromatic nitrogens is 5. The van der Waals surface area contributed by atoms with Crippen molar-refractivity contribution in [3.8, 4) is 0 Å². The van der Waals surface area contributed by atoms with Gasteiger partial charge in [0.2, 0.25) is 0 Å². The number of para-hydroxylation sites is 2. The summed E-state index contributed by atoms with van der Waals surface area (Å²) in [6, 6.07) is 7.92. The Labute approximate surface area is 121 Å². The minimum atomic E-state index is -0.203. The molecule has 2 heterocycles. The third kappa shape index (κ3) is 2.91. The normalized spacial score (nSPS) is 10.9. The van der Waals surface area contributed by atoms with Gasteiger partial charge in [-0.2, -0.15) is 15.4 Å². The van der Waals surface area contributed by atoms with Crippen LogP contribution in [0.4, 0.5) is 0 Å². The fourth-order valence-corrected chi connectivity index (χ4v) is 2.16. The number of carbonyl (C=O) groups is 1. The summed E-state index contributed by atoms with van der Waals surface area (Å²) in [6.07, 6.45) is 1.59. The van der Waals surface area contributed by atoms with Crippen molar-refractivity contribution in [1.29, 1.82) is 0 Å². The maximum Gasteiger partial charge on any atom is 0.273 e. The molecule has 3 aromatic rings. The van der Waals surface area contributed by atoms with Crippen LogP contribution in [-0.2, 0) is 6.42 Å². The van der Waals surface area contributed by atoms with Crippen molar-refractivity contribution in [3.05, 3.63) is 41.5 Å². The number of aromatic amines is 2. The van der Waals surface area contributed by atoms with Crippen molar-refractivity contribution in [1.82, 2.24) is 30.7 Å². The predicted molar refractivity (Wildman–Crippen MR) is 77.9 cm³/mol. The average Bonchev–Trinajstić information content (AvgIpc) is 3.08. The molecular weight excluding hydrogens is 268 g/mol. The van der Waals surface area contributed by atoms with E-state index in [-0.39, 0.29) is 5.91 Å². The number of aryl methyl sites for hydroxylation is 2. The number of amides is 1. The van der Waals surface area contributed by atoms with Crippen molar-refractivity contribution in [2.45, 2.75) is 19.8 Å². The molecule has 2 aromatic heterocycles. The van der Waals surface area contributed by atoms with Crippen LogP contribution in [0.2, 0.25) is 0 Å². The molecule has 3 N–H and O–H groups in total.